The summed E-state index contributed by atoms with van der Waals surface area (Å²) in [5.41, 5.74) is 1.58. The molecule has 0 saturated carbocycles. The summed E-state index contributed by atoms with van der Waals surface area (Å²) >= 11 is 9.26. The molecule has 2 aromatic rings. The number of anilines is 2. The number of rotatable bonds is 4. The summed E-state index contributed by atoms with van der Waals surface area (Å²) in [6.07, 6.45) is 0. The molecule has 2 aromatic carbocycles. The average molecular weight is 340 g/mol. The Labute approximate surface area is 125 Å². The highest BCUT2D eigenvalue weighted by molar-refractivity contribution is 9.10. The van der Waals surface area contributed by atoms with Gasteiger partial charge in [-0.25, -0.2) is 0 Å². The van der Waals surface area contributed by atoms with Crippen LogP contribution in [0.4, 0.5) is 11.4 Å². The minimum absolute atomic E-state index is 0.123. The molecule has 1 amide bonds. The smallest absolute Gasteiger partial charge is 0.243 e. The molecule has 5 heteroatoms. The lowest BCUT2D eigenvalue weighted by atomic mass is 10.3. The Kier molecular flexibility index (Phi) is 4.82. The van der Waals surface area contributed by atoms with E-state index in [1.54, 1.807) is 18.2 Å². The van der Waals surface area contributed by atoms with Crippen LogP contribution in [-0.2, 0) is 4.79 Å². The fourth-order valence-corrected chi connectivity index (χ4v) is 1.94. The largest absolute Gasteiger partial charge is 0.376 e. The van der Waals surface area contributed by atoms with Crippen molar-refractivity contribution in [3.05, 3.63) is 58.0 Å². The number of benzene rings is 2. The molecule has 98 valence electrons. The third-order valence-electron chi connectivity index (χ3n) is 2.43. The Morgan fingerprint density at radius 3 is 2.53 bits per heavy atom. The summed E-state index contributed by atoms with van der Waals surface area (Å²) in [5, 5.41) is 6.37. The summed E-state index contributed by atoms with van der Waals surface area (Å²) in [6.45, 7) is 0.206. The summed E-state index contributed by atoms with van der Waals surface area (Å²) in [5.74, 6) is -0.123. The van der Waals surface area contributed by atoms with E-state index in [2.05, 4.69) is 26.6 Å². The van der Waals surface area contributed by atoms with Gasteiger partial charge in [-0.15, -0.1) is 0 Å². The Balaban J connectivity index is 1.89. The molecular weight excluding hydrogens is 328 g/mol. The van der Waals surface area contributed by atoms with Crippen molar-refractivity contribution >= 4 is 44.8 Å². The van der Waals surface area contributed by atoms with E-state index in [0.29, 0.717) is 10.7 Å². The second-order valence-electron chi connectivity index (χ2n) is 3.90. The zero-order chi connectivity index (χ0) is 13.7. The average Bonchev–Trinajstić information content (AvgIpc) is 2.42. The molecule has 0 saturated heterocycles. The van der Waals surface area contributed by atoms with Gasteiger partial charge >= 0.3 is 0 Å². The number of para-hydroxylation sites is 1. The topological polar surface area (TPSA) is 41.1 Å². The van der Waals surface area contributed by atoms with Crippen LogP contribution in [0.15, 0.2) is 53.0 Å². The monoisotopic (exact) mass is 338 g/mol. The van der Waals surface area contributed by atoms with Crippen LogP contribution in [-0.4, -0.2) is 12.5 Å². The molecule has 0 atom stereocenters. The lowest BCUT2D eigenvalue weighted by Gasteiger charge is -2.08. The van der Waals surface area contributed by atoms with E-state index in [9.17, 15) is 4.79 Å². The summed E-state index contributed by atoms with van der Waals surface area (Å²) < 4.78 is 0.801. The molecule has 2 rings (SSSR count). The van der Waals surface area contributed by atoms with Gasteiger partial charge in [-0.05, 0) is 46.3 Å². The molecule has 0 unspecified atom stereocenters. The molecule has 0 heterocycles. The molecule has 0 aliphatic rings. The fraction of sp³-hybridized carbons (Fsp3) is 0.0714. The van der Waals surface area contributed by atoms with E-state index in [4.69, 9.17) is 11.6 Å². The molecule has 3 nitrogen and oxygen atoms in total. The Morgan fingerprint density at radius 2 is 1.84 bits per heavy atom. The number of halogens is 2. The predicted molar refractivity (Wildman–Crippen MR) is 82.7 cm³/mol. The molecule has 0 bridgehead atoms. The first-order valence-corrected chi connectivity index (χ1v) is 6.86. The Bertz CT molecular complexity index is 575. The molecule has 19 heavy (non-hydrogen) atoms. The van der Waals surface area contributed by atoms with Gasteiger partial charge in [-0.2, -0.15) is 0 Å². The van der Waals surface area contributed by atoms with Gasteiger partial charge < -0.3 is 10.6 Å². The molecule has 0 aliphatic carbocycles. The van der Waals surface area contributed by atoms with Gasteiger partial charge in [0.1, 0.15) is 0 Å². The van der Waals surface area contributed by atoms with Crippen LogP contribution in [0.25, 0.3) is 0 Å². The maximum absolute atomic E-state index is 11.8. The standard InChI is InChI=1S/C14H12BrClN2O/c15-12-7-6-11(8-13(12)16)18-14(19)9-17-10-4-2-1-3-5-10/h1-8,17H,9H2,(H,18,19). The van der Waals surface area contributed by atoms with Gasteiger partial charge in [0.2, 0.25) is 5.91 Å². The van der Waals surface area contributed by atoms with Crippen LogP contribution < -0.4 is 10.6 Å². The van der Waals surface area contributed by atoms with Gasteiger partial charge in [0.25, 0.3) is 0 Å². The SMILES string of the molecule is O=C(CNc1ccccc1)Nc1ccc(Br)c(Cl)c1. The second kappa shape index (κ2) is 6.59. The van der Waals surface area contributed by atoms with Crippen LogP contribution >= 0.6 is 27.5 Å². The minimum Gasteiger partial charge on any atom is -0.376 e. The molecule has 0 radical (unpaired) electrons. The third kappa shape index (κ3) is 4.26. The zero-order valence-electron chi connectivity index (χ0n) is 9.99. The first-order valence-electron chi connectivity index (χ1n) is 5.69. The van der Waals surface area contributed by atoms with E-state index < -0.39 is 0 Å². The van der Waals surface area contributed by atoms with Gasteiger partial charge in [-0.1, -0.05) is 29.8 Å². The van der Waals surface area contributed by atoms with Crippen LogP contribution in [0.2, 0.25) is 5.02 Å². The van der Waals surface area contributed by atoms with Gasteiger partial charge in [0.05, 0.1) is 11.6 Å². The van der Waals surface area contributed by atoms with Crippen LogP contribution in [0.3, 0.4) is 0 Å². The maximum Gasteiger partial charge on any atom is 0.243 e. The molecule has 0 aliphatic heterocycles. The van der Waals surface area contributed by atoms with Crippen molar-refractivity contribution in [3.8, 4) is 0 Å². The second-order valence-corrected chi connectivity index (χ2v) is 5.16. The Hall–Kier alpha value is -1.52. The van der Waals surface area contributed by atoms with Crippen molar-refractivity contribution in [1.29, 1.82) is 0 Å². The lowest BCUT2D eigenvalue weighted by molar-refractivity contribution is -0.114. The van der Waals surface area contributed by atoms with Crippen molar-refractivity contribution < 1.29 is 4.79 Å². The van der Waals surface area contributed by atoms with Crippen molar-refractivity contribution in [3.63, 3.8) is 0 Å². The molecular formula is C14H12BrClN2O. The number of carbonyl (C=O) groups excluding carboxylic acids is 1. The molecule has 0 aromatic heterocycles. The van der Waals surface area contributed by atoms with E-state index in [1.807, 2.05) is 30.3 Å². The van der Waals surface area contributed by atoms with Gasteiger partial charge in [0, 0.05) is 15.8 Å². The Morgan fingerprint density at radius 1 is 1.11 bits per heavy atom. The number of hydrogen-bond acceptors (Lipinski definition) is 2. The van der Waals surface area contributed by atoms with E-state index in [1.165, 1.54) is 0 Å². The third-order valence-corrected chi connectivity index (χ3v) is 3.66. The molecule has 0 spiro atoms. The lowest BCUT2D eigenvalue weighted by Crippen LogP contribution is -2.21. The van der Waals surface area contributed by atoms with Crippen LogP contribution in [0, 0.1) is 0 Å². The highest BCUT2D eigenvalue weighted by Gasteiger charge is 2.04. The van der Waals surface area contributed by atoms with Crippen molar-refractivity contribution in [1.82, 2.24) is 0 Å². The number of carbonyl (C=O) groups is 1. The first-order chi connectivity index (χ1) is 9.15. The molecule has 2 N–H and O–H groups in total. The first kappa shape index (κ1) is 13.9. The predicted octanol–water partition coefficient (Wildman–Crippen LogP) is 4.15. The summed E-state index contributed by atoms with van der Waals surface area (Å²) in [6, 6.07) is 14.8. The van der Waals surface area contributed by atoms with Gasteiger partial charge in [-0.3, -0.25) is 4.79 Å². The normalized spacial score (nSPS) is 10.0. The van der Waals surface area contributed by atoms with Crippen molar-refractivity contribution in [2.45, 2.75) is 0 Å². The van der Waals surface area contributed by atoms with E-state index in [-0.39, 0.29) is 12.5 Å². The van der Waals surface area contributed by atoms with Crippen LogP contribution in [0.5, 0.6) is 0 Å². The maximum atomic E-state index is 11.8. The van der Waals surface area contributed by atoms with Gasteiger partial charge in [0.15, 0.2) is 0 Å². The van der Waals surface area contributed by atoms with E-state index in [0.717, 1.165) is 10.2 Å². The van der Waals surface area contributed by atoms with Crippen molar-refractivity contribution in [2.75, 3.05) is 17.2 Å². The number of hydrogen-bond donors (Lipinski definition) is 2. The zero-order valence-corrected chi connectivity index (χ0v) is 12.3. The van der Waals surface area contributed by atoms with Crippen LogP contribution in [0.1, 0.15) is 0 Å². The fourth-order valence-electron chi connectivity index (χ4n) is 1.52. The highest BCUT2D eigenvalue weighted by Crippen LogP contribution is 2.25. The molecule has 0 fully saturated rings. The number of nitrogens with one attached hydrogen (secondary N) is 2. The van der Waals surface area contributed by atoms with E-state index >= 15 is 0 Å². The highest BCUT2D eigenvalue weighted by atomic mass is 79.9. The van der Waals surface area contributed by atoms with Crippen molar-refractivity contribution in [2.24, 2.45) is 0 Å². The number of amides is 1. The summed E-state index contributed by atoms with van der Waals surface area (Å²) in [7, 11) is 0. The summed E-state index contributed by atoms with van der Waals surface area (Å²) in [4.78, 5) is 11.8. The minimum atomic E-state index is -0.123. The quantitative estimate of drug-likeness (QED) is 0.878.